The lowest BCUT2D eigenvalue weighted by Gasteiger charge is -2.25. The first-order valence-electron chi connectivity index (χ1n) is 6.23. The van der Waals surface area contributed by atoms with Gasteiger partial charge in [0, 0.05) is 31.4 Å². The smallest absolute Gasteiger partial charge is 0.215 e. The molecule has 0 aromatic carbocycles. The van der Waals surface area contributed by atoms with Gasteiger partial charge in [-0.15, -0.1) is 0 Å². The molecule has 0 bridgehead atoms. The van der Waals surface area contributed by atoms with Crippen LogP contribution in [0.1, 0.15) is 24.8 Å². The van der Waals surface area contributed by atoms with E-state index in [9.17, 15) is 8.42 Å². The van der Waals surface area contributed by atoms with Gasteiger partial charge >= 0.3 is 0 Å². The fourth-order valence-electron chi connectivity index (χ4n) is 2.17. The number of aromatic amines is 1. The fourth-order valence-corrected chi connectivity index (χ4v) is 3.56. The molecule has 1 fully saturated rings. The van der Waals surface area contributed by atoms with E-state index < -0.39 is 10.0 Å². The summed E-state index contributed by atoms with van der Waals surface area (Å²) in [7, 11) is -1.59. The lowest BCUT2D eigenvalue weighted by Crippen LogP contribution is -2.42. The molecule has 1 aliphatic heterocycles. The van der Waals surface area contributed by atoms with Crippen LogP contribution in [0.4, 0.5) is 0 Å². The molecule has 1 aromatic heterocycles. The number of piperidine rings is 1. The largest absolute Gasteiger partial charge is 0.313 e. The first-order valence-corrected chi connectivity index (χ1v) is 7.84. The van der Waals surface area contributed by atoms with E-state index in [1.165, 1.54) is 4.31 Å². The molecule has 1 saturated heterocycles. The van der Waals surface area contributed by atoms with Gasteiger partial charge in [0.25, 0.3) is 0 Å². The lowest BCUT2D eigenvalue weighted by molar-refractivity contribution is 0.408. The molecule has 2 rings (SSSR count). The highest BCUT2D eigenvalue weighted by Crippen LogP contribution is 2.12. The van der Waals surface area contributed by atoms with E-state index in [-0.39, 0.29) is 11.8 Å². The van der Waals surface area contributed by atoms with Crippen LogP contribution in [-0.4, -0.2) is 48.3 Å². The van der Waals surface area contributed by atoms with E-state index in [0.717, 1.165) is 31.4 Å². The Morgan fingerprint density at radius 2 is 2.33 bits per heavy atom. The van der Waals surface area contributed by atoms with Crippen LogP contribution in [0.15, 0.2) is 12.4 Å². The minimum Gasteiger partial charge on any atom is -0.313 e. The second-order valence-electron chi connectivity index (χ2n) is 4.79. The van der Waals surface area contributed by atoms with Gasteiger partial charge in [0.1, 0.15) is 0 Å². The highest BCUT2D eigenvalue weighted by atomic mass is 32.2. The van der Waals surface area contributed by atoms with Gasteiger partial charge in [0.15, 0.2) is 0 Å². The molecule has 1 atom stereocenters. The molecule has 0 amide bonds. The van der Waals surface area contributed by atoms with Gasteiger partial charge in [-0.3, -0.25) is 5.10 Å². The number of H-pyrrole nitrogens is 1. The quantitative estimate of drug-likeness (QED) is 0.809. The first kappa shape index (κ1) is 13.5. The zero-order valence-corrected chi connectivity index (χ0v) is 11.4. The fraction of sp³-hybridized carbons (Fsp3) is 0.727. The third kappa shape index (κ3) is 3.54. The SMILES string of the molecule is CN(Cc1cn[nH]c1)S(=O)(=O)CC1CCCCN1. The van der Waals surface area contributed by atoms with E-state index in [2.05, 4.69) is 15.5 Å². The van der Waals surface area contributed by atoms with Gasteiger partial charge in [0.05, 0.1) is 11.9 Å². The number of hydrogen-bond acceptors (Lipinski definition) is 4. The number of sulfonamides is 1. The van der Waals surface area contributed by atoms with Gasteiger partial charge in [0.2, 0.25) is 10.0 Å². The monoisotopic (exact) mass is 272 g/mol. The highest BCUT2D eigenvalue weighted by Gasteiger charge is 2.24. The van der Waals surface area contributed by atoms with Crippen molar-refractivity contribution in [3.05, 3.63) is 18.0 Å². The zero-order chi connectivity index (χ0) is 13.0. The van der Waals surface area contributed by atoms with Crippen molar-refractivity contribution < 1.29 is 8.42 Å². The molecule has 0 spiro atoms. The molecular formula is C11H20N4O2S. The zero-order valence-electron chi connectivity index (χ0n) is 10.6. The molecule has 0 radical (unpaired) electrons. The van der Waals surface area contributed by atoms with Gasteiger partial charge in [-0.1, -0.05) is 6.42 Å². The Labute approximate surface area is 108 Å². The molecule has 6 nitrogen and oxygen atoms in total. The standard InChI is InChI=1S/C11H20N4O2S/c1-15(8-10-6-13-14-7-10)18(16,17)9-11-4-2-3-5-12-11/h6-7,11-12H,2-5,8-9H2,1H3,(H,13,14). The van der Waals surface area contributed by atoms with Crippen molar-refractivity contribution in [1.82, 2.24) is 19.8 Å². The summed E-state index contributed by atoms with van der Waals surface area (Å²) >= 11 is 0. The van der Waals surface area contributed by atoms with Crippen LogP contribution in [-0.2, 0) is 16.6 Å². The van der Waals surface area contributed by atoms with Crippen LogP contribution in [0.3, 0.4) is 0 Å². The summed E-state index contributed by atoms with van der Waals surface area (Å²) in [5.41, 5.74) is 0.873. The van der Waals surface area contributed by atoms with Gasteiger partial charge in [-0.25, -0.2) is 12.7 Å². The predicted molar refractivity (Wildman–Crippen MR) is 69.5 cm³/mol. The number of hydrogen-bond donors (Lipinski definition) is 2. The number of aromatic nitrogens is 2. The Morgan fingerprint density at radius 3 is 2.94 bits per heavy atom. The molecule has 18 heavy (non-hydrogen) atoms. The lowest BCUT2D eigenvalue weighted by atomic mass is 10.1. The molecule has 7 heteroatoms. The van der Waals surface area contributed by atoms with E-state index in [0.29, 0.717) is 6.54 Å². The molecule has 1 aliphatic rings. The van der Waals surface area contributed by atoms with Crippen molar-refractivity contribution in [2.75, 3.05) is 19.3 Å². The van der Waals surface area contributed by atoms with Crippen LogP contribution in [0, 0.1) is 0 Å². The average molecular weight is 272 g/mol. The van der Waals surface area contributed by atoms with Crippen molar-refractivity contribution in [2.45, 2.75) is 31.8 Å². The highest BCUT2D eigenvalue weighted by molar-refractivity contribution is 7.89. The summed E-state index contributed by atoms with van der Waals surface area (Å²) in [6.45, 7) is 1.29. The van der Waals surface area contributed by atoms with E-state index in [1.807, 2.05) is 0 Å². The van der Waals surface area contributed by atoms with Crippen molar-refractivity contribution in [3.63, 3.8) is 0 Å². The topological polar surface area (TPSA) is 78.1 Å². The van der Waals surface area contributed by atoms with Crippen LogP contribution in [0.2, 0.25) is 0 Å². The summed E-state index contributed by atoms with van der Waals surface area (Å²) < 4.78 is 25.8. The van der Waals surface area contributed by atoms with Crippen LogP contribution in [0.5, 0.6) is 0 Å². The minimum absolute atomic E-state index is 0.0931. The van der Waals surface area contributed by atoms with Crippen LogP contribution < -0.4 is 5.32 Å². The molecule has 2 N–H and O–H groups in total. The van der Waals surface area contributed by atoms with E-state index in [4.69, 9.17) is 0 Å². The average Bonchev–Trinajstić information content (AvgIpc) is 2.82. The molecule has 1 aromatic rings. The van der Waals surface area contributed by atoms with E-state index in [1.54, 1.807) is 19.4 Å². The summed E-state index contributed by atoms with van der Waals surface area (Å²) in [4.78, 5) is 0. The Bertz CT molecular complexity index is 451. The second kappa shape index (κ2) is 5.81. The maximum absolute atomic E-state index is 12.2. The molecule has 0 saturated carbocycles. The Kier molecular flexibility index (Phi) is 4.36. The first-order chi connectivity index (χ1) is 8.58. The third-order valence-electron chi connectivity index (χ3n) is 3.26. The summed E-state index contributed by atoms with van der Waals surface area (Å²) in [5.74, 6) is 0.182. The van der Waals surface area contributed by atoms with Crippen molar-refractivity contribution in [3.8, 4) is 0 Å². The maximum Gasteiger partial charge on any atom is 0.215 e. The number of nitrogens with zero attached hydrogens (tertiary/aromatic N) is 2. The second-order valence-corrected chi connectivity index (χ2v) is 6.91. The van der Waals surface area contributed by atoms with Crippen LogP contribution in [0.25, 0.3) is 0 Å². The van der Waals surface area contributed by atoms with Crippen molar-refractivity contribution >= 4 is 10.0 Å². The number of nitrogens with one attached hydrogen (secondary N) is 2. The minimum atomic E-state index is -3.21. The molecule has 2 heterocycles. The van der Waals surface area contributed by atoms with Gasteiger partial charge < -0.3 is 5.32 Å². The summed E-state index contributed by atoms with van der Waals surface area (Å²) in [5, 5.41) is 9.76. The molecule has 102 valence electrons. The Hall–Kier alpha value is -0.920. The normalized spacial score (nSPS) is 21.3. The molecule has 1 unspecified atom stereocenters. The summed E-state index contributed by atoms with van der Waals surface area (Å²) in [6.07, 6.45) is 6.55. The number of rotatable bonds is 5. The van der Waals surface area contributed by atoms with E-state index >= 15 is 0 Å². The summed E-state index contributed by atoms with van der Waals surface area (Å²) in [6, 6.07) is 0.0931. The van der Waals surface area contributed by atoms with Crippen molar-refractivity contribution in [2.24, 2.45) is 0 Å². The Balaban J connectivity index is 1.92. The molecule has 0 aliphatic carbocycles. The van der Waals surface area contributed by atoms with Crippen LogP contribution >= 0.6 is 0 Å². The van der Waals surface area contributed by atoms with Gasteiger partial charge in [-0.05, 0) is 19.4 Å². The predicted octanol–water partition coefficient (Wildman–Crippen LogP) is 0.313. The molecular weight excluding hydrogens is 252 g/mol. The van der Waals surface area contributed by atoms with Gasteiger partial charge in [-0.2, -0.15) is 5.10 Å². The van der Waals surface area contributed by atoms with Crippen molar-refractivity contribution in [1.29, 1.82) is 0 Å². The maximum atomic E-state index is 12.2. The Morgan fingerprint density at radius 1 is 1.50 bits per heavy atom. The third-order valence-corrected chi connectivity index (χ3v) is 5.16.